The Morgan fingerprint density at radius 2 is 2.06 bits per heavy atom. The van der Waals surface area contributed by atoms with Crippen molar-refractivity contribution in [1.82, 2.24) is 4.98 Å². The second-order valence-electron chi connectivity index (χ2n) is 4.31. The van der Waals surface area contributed by atoms with Crippen LogP contribution >= 0.6 is 0 Å². The van der Waals surface area contributed by atoms with Gasteiger partial charge in [-0.05, 0) is 37.0 Å². The molecule has 1 saturated heterocycles. The van der Waals surface area contributed by atoms with Crippen molar-refractivity contribution >= 4 is 11.8 Å². The molecule has 0 spiro atoms. The molecular formula is C12H19N5. The number of hydrogen-bond donors (Lipinski definition) is 2. The predicted octanol–water partition coefficient (Wildman–Crippen LogP) is 0.845. The van der Waals surface area contributed by atoms with Crippen LogP contribution in [-0.4, -0.2) is 24.0 Å². The minimum absolute atomic E-state index is 0.126. The van der Waals surface area contributed by atoms with Gasteiger partial charge in [0, 0.05) is 19.3 Å². The van der Waals surface area contributed by atoms with Crippen LogP contribution in [0.1, 0.15) is 24.8 Å². The van der Waals surface area contributed by atoms with Gasteiger partial charge >= 0.3 is 0 Å². The summed E-state index contributed by atoms with van der Waals surface area (Å²) in [6.45, 7) is 2.71. The summed E-state index contributed by atoms with van der Waals surface area (Å²) >= 11 is 0. The molecule has 17 heavy (non-hydrogen) atoms. The third kappa shape index (κ3) is 3.34. The molecule has 92 valence electrons. The molecule has 1 fully saturated rings. The van der Waals surface area contributed by atoms with E-state index in [1.54, 1.807) is 0 Å². The second kappa shape index (κ2) is 5.52. The van der Waals surface area contributed by atoms with Crippen LogP contribution in [-0.2, 0) is 6.54 Å². The Morgan fingerprint density at radius 3 is 2.76 bits per heavy atom. The van der Waals surface area contributed by atoms with E-state index in [1.807, 2.05) is 12.3 Å². The minimum Gasteiger partial charge on any atom is -0.370 e. The van der Waals surface area contributed by atoms with Crippen LogP contribution in [0.2, 0.25) is 0 Å². The zero-order valence-corrected chi connectivity index (χ0v) is 9.97. The van der Waals surface area contributed by atoms with Gasteiger partial charge in [-0.1, -0.05) is 0 Å². The van der Waals surface area contributed by atoms with Gasteiger partial charge in [-0.25, -0.2) is 9.98 Å². The number of nitrogens with two attached hydrogens (primary N) is 2. The lowest BCUT2D eigenvalue weighted by Crippen LogP contribution is -2.30. The molecular weight excluding hydrogens is 214 g/mol. The van der Waals surface area contributed by atoms with E-state index in [4.69, 9.17) is 11.5 Å². The van der Waals surface area contributed by atoms with Gasteiger partial charge in [-0.3, -0.25) is 0 Å². The molecule has 2 heterocycles. The van der Waals surface area contributed by atoms with Crippen LogP contribution in [0.3, 0.4) is 0 Å². The zero-order valence-electron chi connectivity index (χ0n) is 9.97. The van der Waals surface area contributed by atoms with E-state index >= 15 is 0 Å². The lowest BCUT2D eigenvalue weighted by atomic mass is 10.1. The van der Waals surface area contributed by atoms with Crippen molar-refractivity contribution in [2.24, 2.45) is 16.5 Å². The van der Waals surface area contributed by atoms with E-state index in [9.17, 15) is 0 Å². The van der Waals surface area contributed by atoms with Crippen LogP contribution in [0.25, 0.3) is 0 Å². The first-order valence-electron chi connectivity index (χ1n) is 6.01. The molecule has 5 heteroatoms. The molecule has 1 aliphatic heterocycles. The number of hydrogen-bond acceptors (Lipinski definition) is 3. The molecule has 0 amide bonds. The van der Waals surface area contributed by atoms with Crippen LogP contribution in [0, 0.1) is 0 Å². The van der Waals surface area contributed by atoms with Crippen LogP contribution < -0.4 is 16.4 Å². The SMILES string of the molecule is NC(N)=NCc1ccnc(N2CCCCC2)c1. The summed E-state index contributed by atoms with van der Waals surface area (Å²) in [6, 6.07) is 4.01. The summed E-state index contributed by atoms with van der Waals surface area (Å²) in [6.07, 6.45) is 5.64. The molecule has 0 saturated carbocycles. The normalized spacial score (nSPS) is 15.6. The first-order valence-corrected chi connectivity index (χ1v) is 6.01. The molecule has 1 aromatic heterocycles. The predicted molar refractivity (Wildman–Crippen MR) is 69.8 cm³/mol. The van der Waals surface area contributed by atoms with Gasteiger partial charge in [0.05, 0.1) is 6.54 Å². The molecule has 0 radical (unpaired) electrons. The average molecular weight is 233 g/mol. The highest BCUT2D eigenvalue weighted by atomic mass is 15.2. The monoisotopic (exact) mass is 233 g/mol. The molecule has 0 unspecified atom stereocenters. The van der Waals surface area contributed by atoms with Gasteiger partial charge in [0.1, 0.15) is 5.82 Å². The highest BCUT2D eigenvalue weighted by Gasteiger charge is 2.11. The summed E-state index contributed by atoms with van der Waals surface area (Å²) in [7, 11) is 0. The van der Waals surface area contributed by atoms with Crippen molar-refractivity contribution in [2.45, 2.75) is 25.8 Å². The molecule has 1 aliphatic rings. The lowest BCUT2D eigenvalue weighted by molar-refractivity contribution is 0.573. The minimum atomic E-state index is 0.126. The molecule has 2 rings (SSSR count). The lowest BCUT2D eigenvalue weighted by Gasteiger charge is -2.27. The summed E-state index contributed by atoms with van der Waals surface area (Å²) < 4.78 is 0. The van der Waals surface area contributed by atoms with E-state index in [0.29, 0.717) is 6.54 Å². The van der Waals surface area contributed by atoms with E-state index in [-0.39, 0.29) is 5.96 Å². The first-order chi connectivity index (χ1) is 8.25. The fourth-order valence-electron chi connectivity index (χ4n) is 2.04. The van der Waals surface area contributed by atoms with Crippen molar-refractivity contribution in [3.8, 4) is 0 Å². The van der Waals surface area contributed by atoms with Gasteiger partial charge in [-0.15, -0.1) is 0 Å². The van der Waals surface area contributed by atoms with Crippen LogP contribution in [0.4, 0.5) is 5.82 Å². The average Bonchev–Trinajstić information content (AvgIpc) is 2.38. The van der Waals surface area contributed by atoms with Crippen LogP contribution in [0.15, 0.2) is 23.3 Å². The van der Waals surface area contributed by atoms with Crippen molar-refractivity contribution in [3.05, 3.63) is 23.9 Å². The highest BCUT2D eigenvalue weighted by molar-refractivity contribution is 5.75. The van der Waals surface area contributed by atoms with Crippen molar-refractivity contribution < 1.29 is 0 Å². The van der Waals surface area contributed by atoms with Crippen LogP contribution in [0.5, 0.6) is 0 Å². The second-order valence-corrected chi connectivity index (χ2v) is 4.31. The molecule has 0 atom stereocenters. The number of nitrogens with zero attached hydrogens (tertiary/aromatic N) is 3. The maximum absolute atomic E-state index is 5.32. The Labute approximate surface area is 102 Å². The maximum Gasteiger partial charge on any atom is 0.186 e. The third-order valence-corrected chi connectivity index (χ3v) is 2.93. The number of anilines is 1. The number of rotatable bonds is 3. The Balaban J connectivity index is 2.07. The summed E-state index contributed by atoms with van der Waals surface area (Å²) in [5.41, 5.74) is 11.7. The van der Waals surface area contributed by atoms with E-state index in [1.165, 1.54) is 19.3 Å². The summed E-state index contributed by atoms with van der Waals surface area (Å²) in [5, 5.41) is 0. The fraction of sp³-hybridized carbons (Fsp3) is 0.500. The Hall–Kier alpha value is -1.78. The quantitative estimate of drug-likeness (QED) is 0.599. The number of aliphatic imine (C=N–C) groups is 1. The van der Waals surface area contributed by atoms with Gasteiger partial charge in [0.2, 0.25) is 0 Å². The van der Waals surface area contributed by atoms with Crippen molar-refractivity contribution in [1.29, 1.82) is 0 Å². The zero-order chi connectivity index (χ0) is 12.1. The van der Waals surface area contributed by atoms with Gasteiger partial charge in [-0.2, -0.15) is 0 Å². The Bertz CT molecular complexity index is 392. The van der Waals surface area contributed by atoms with E-state index in [0.717, 1.165) is 24.5 Å². The van der Waals surface area contributed by atoms with E-state index < -0.39 is 0 Å². The standard InChI is InChI=1S/C12H19N5/c13-12(14)16-9-10-4-5-15-11(8-10)17-6-2-1-3-7-17/h4-5,8H,1-3,6-7,9H2,(H4,13,14,16). The topological polar surface area (TPSA) is 80.5 Å². The molecule has 4 N–H and O–H groups in total. The Morgan fingerprint density at radius 1 is 1.29 bits per heavy atom. The Kier molecular flexibility index (Phi) is 3.80. The smallest absolute Gasteiger partial charge is 0.186 e. The third-order valence-electron chi connectivity index (χ3n) is 2.93. The molecule has 1 aromatic rings. The maximum atomic E-state index is 5.32. The highest BCUT2D eigenvalue weighted by Crippen LogP contribution is 2.18. The van der Waals surface area contributed by atoms with Gasteiger partial charge < -0.3 is 16.4 Å². The summed E-state index contributed by atoms with van der Waals surface area (Å²) in [5.74, 6) is 1.16. The molecule has 0 bridgehead atoms. The number of guanidine groups is 1. The van der Waals surface area contributed by atoms with Crippen molar-refractivity contribution in [3.63, 3.8) is 0 Å². The van der Waals surface area contributed by atoms with Gasteiger partial charge in [0.15, 0.2) is 5.96 Å². The molecule has 0 aromatic carbocycles. The number of pyridine rings is 1. The number of piperidine rings is 1. The molecule has 5 nitrogen and oxygen atoms in total. The van der Waals surface area contributed by atoms with Crippen molar-refractivity contribution in [2.75, 3.05) is 18.0 Å². The molecule has 0 aliphatic carbocycles. The largest absolute Gasteiger partial charge is 0.370 e. The van der Waals surface area contributed by atoms with Gasteiger partial charge in [0.25, 0.3) is 0 Å². The van der Waals surface area contributed by atoms with E-state index in [2.05, 4.69) is 20.9 Å². The fourth-order valence-corrected chi connectivity index (χ4v) is 2.04. The number of aromatic nitrogens is 1. The summed E-state index contributed by atoms with van der Waals surface area (Å²) in [4.78, 5) is 10.7. The first kappa shape index (κ1) is 11.7.